The number of nitrogens with one attached hydrogen (secondary N) is 2. The zero-order chi connectivity index (χ0) is 13.6. The summed E-state index contributed by atoms with van der Waals surface area (Å²) in [6.45, 7) is 11.1. The molecule has 1 aromatic carbocycles. The highest BCUT2D eigenvalue weighted by Gasteiger charge is 2.20. The van der Waals surface area contributed by atoms with Gasteiger partial charge in [0.05, 0.1) is 6.61 Å². The van der Waals surface area contributed by atoms with E-state index in [9.17, 15) is 0 Å². The molecule has 0 aliphatic heterocycles. The second-order valence-electron chi connectivity index (χ2n) is 5.25. The largest absolute Gasteiger partial charge is 0.494 e. The molecule has 0 spiro atoms. The Labute approximate surface area is 111 Å². The van der Waals surface area contributed by atoms with Crippen LogP contribution in [0, 0.1) is 6.92 Å². The summed E-state index contributed by atoms with van der Waals surface area (Å²) in [4.78, 5) is 0. The maximum Gasteiger partial charge on any atom is 0.122 e. The van der Waals surface area contributed by atoms with Crippen LogP contribution in [0.15, 0.2) is 18.2 Å². The van der Waals surface area contributed by atoms with Crippen LogP contribution in [-0.4, -0.2) is 26.9 Å². The Kier molecular flexibility index (Phi) is 5.63. The molecule has 0 aromatic heterocycles. The molecular formula is C15H26N2O. The molecule has 0 radical (unpaired) electrons. The fourth-order valence-corrected chi connectivity index (χ4v) is 1.99. The molecule has 0 fully saturated rings. The molecule has 3 heteroatoms. The summed E-state index contributed by atoms with van der Waals surface area (Å²) < 4.78 is 5.58. The maximum absolute atomic E-state index is 5.58. The third-order valence-electron chi connectivity index (χ3n) is 3.12. The predicted molar refractivity (Wildman–Crippen MR) is 77.3 cm³/mol. The van der Waals surface area contributed by atoms with Gasteiger partial charge in [-0.1, -0.05) is 26.0 Å². The minimum Gasteiger partial charge on any atom is -0.494 e. The lowest BCUT2D eigenvalue weighted by atomic mass is 9.84. The topological polar surface area (TPSA) is 33.3 Å². The second kappa shape index (κ2) is 6.76. The third-order valence-corrected chi connectivity index (χ3v) is 3.12. The Morgan fingerprint density at radius 2 is 2.00 bits per heavy atom. The van der Waals surface area contributed by atoms with E-state index in [1.54, 1.807) is 0 Å². The molecule has 0 unspecified atom stereocenters. The SMILES string of the molecule is CCOc1ccc(C(C)(C)CNCNC)cc1C. The fraction of sp³-hybridized carbons (Fsp3) is 0.600. The number of rotatable bonds is 7. The molecule has 102 valence electrons. The molecule has 0 bridgehead atoms. The summed E-state index contributed by atoms with van der Waals surface area (Å²) in [7, 11) is 1.95. The van der Waals surface area contributed by atoms with Crippen molar-refractivity contribution in [1.29, 1.82) is 0 Å². The van der Waals surface area contributed by atoms with Crippen LogP contribution >= 0.6 is 0 Å². The summed E-state index contributed by atoms with van der Waals surface area (Å²) in [5.41, 5.74) is 2.66. The van der Waals surface area contributed by atoms with Crippen molar-refractivity contribution < 1.29 is 4.74 Å². The summed E-state index contributed by atoms with van der Waals surface area (Å²) in [6.07, 6.45) is 0. The Morgan fingerprint density at radius 1 is 1.28 bits per heavy atom. The van der Waals surface area contributed by atoms with E-state index in [1.807, 2.05) is 14.0 Å². The van der Waals surface area contributed by atoms with Crippen molar-refractivity contribution in [2.24, 2.45) is 0 Å². The summed E-state index contributed by atoms with van der Waals surface area (Å²) in [6, 6.07) is 6.47. The van der Waals surface area contributed by atoms with Crippen LogP contribution in [0.2, 0.25) is 0 Å². The van der Waals surface area contributed by atoms with Crippen LogP contribution in [0.4, 0.5) is 0 Å². The van der Waals surface area contributed by atoms with Gasteiger partial charge in [-0.25, -0.2) is 0 Å². The first-order valence-electron chi connectivity index (χ1n) is 6.60. The van der Waals surface area contributed by atoms with Gasteiger partial charge in [0.1, 0.15) is 5.75 Å². The first kappa shape index (κ1) is 15.0. The van der Waals surface area contributed by atoms with E-state index >= 15 is 0 Å². The van der Waals surface area contributed by atoms with Gasteiger partial charge in [-0.3, -0.25) is 0 Å². The Morgan fingerprint density at radius 3 is 2.56 bits per heavy atom. The van der Waals surface area contributed by atoms with Crippen LogP contribution in [0.5, 0.6) is 5.75 Å². The molecule has 0 atom stereocenters. The molecule has 0 heterocycles. The van der Waals surface area contributed by atoms with E-state index in [2.05, 4.69) is 49.6 Å². The van der Waals surface area contributed by atoms with Crippen molar-refractivity contribution in [3.05, 3.63) is 29.3 Å². The Hall–Kier alpha value is -1.06. The van der Waals surface area contributed by atoms with E-state index < -0.39 is 0 Å². The standard InChI is InChI=1S/C15H26N2O/c1-6-18-14-8-7-13(9-12(14)2)15(3,4)10-17-11-16-5/h7-9,16-17H,6,10-11H2,1-5H3. The van der Waals surface area contributed by atoms with Crippen LogP contribution in [0.25, 0.3) is 0 Å². The quantitative estimate of drug-likeness (QED) is 0.576. The summed E-state index contributed by atoms with van der Waals surface area (Å²) in [5, 5.41) is 6.49. The normalized spacial score (nSPS) is 11.6. The average molecular weight is 250 g/mol. The van der Waals surface area contributed by atoms with Crippen molar-refractivity contribution >= 4 is 0 Å². The van der Waals surface area contributed by atoms with Crippen molar-refractivity contribution in [2.75, 3.05) is 26.9 Å². The van der Waals surface area contributed by atoms with E-state index in [0.717, 1.165) is 19.0 Å². The van der Waals surface area contributed by atoms with Gasteiger partial charge in [-0.15, -0.1) is 0 Å². The lowest BCUT2D eigenvalue weighted by Gasteiger charge is -2.26. The van der Waals surface area contributed by atoms with Crippen molar-refractivity contribution in [2.45, 2.75) is 33.1 Å². The zero-order valence-electron chi connectivity index (χ0n) is 12.3. The number of hydrogen-bond acceptors (Lipinski definition) is 3. The molecule has 0 amide bonds. The summed E-state index contributed by atoms with van der Waals surface area (Å²) >= 11 is 0. The smallest absolute Gasteiger partial charge is 0.122 e. The lowest BCUT2D eigenvalue weighted by Crippen LogP contribution is -2.37. The third kappa shape index (κ3) is 4.00. The van der Waals surface area contributed by atoms with Crippen molar-refractivity contribution in [3.63, 3.8) is 0 Å². The van der Waals surface area contributed by atoms with Crippen molar-refractivity contribution in [1.82, 2.24) is 10.6 Å². The second-order valence-corrected chi connectivity index (χ2v) is 5.25. The van der Waals surface area contributed by atoms with Gasteiger partial charge in [0.25, 0.3) is 0 Å². The molecule has 0 aliphatic carbocycles. The molecule has 18 heavy (non-hydrogen) atoms. The highest BCUT2D eigenvalue weighted by atomic mass is 16.5. The Balaban J connectivity index is 2.79. The van der Waals surface area contributed by atoms with Gasteiger partial charge in [-0.2, -0.15) is 0 Å². The molecule has 0 saturated carbocycles. The first-order valence-corrected chi connectivity index (χ1v) is 6.60. The molecule has 1 aromatic rings. The van der Waals surface area contributed by atoms with Crippen LogP contribution < -0.4 is 15.4 Å². The summed E-state index contributed by atoms with van der Waals surface area (Å²) in [5.74, 6) is 0.986. The van der Waals surface area contributed by atoms with Gasteiger partial charge in [0.2, 0.25) is 0 Å². The van der Waals surface area contributed by atoms with Gasteiger partial charge < -0.3 is 15.4 Å². The molecule has 2 N–H and O–H groups in total. The minimum atomic E-state index is 0.117. The fourth-order valence-electron chi connectivity index (χ4n) is 1.99. The predicted octanol–water partition coefficient (Wildman–Crippen LogP) is 2.44. The lowest BCUT2D eigenvalue weighted by molar-refractivity contribution is 0.337. The number of aryl methyl sites for hydroxylation is 1. The van der Waals surface area contributed by atoms with Crippen LogP contribution in [0.3, 0.4) is 0 Å². The van der Waals surface area contributed by atoms with Crippen LogP contribution in [0.1, 0.15) is 31.9 Å². The van der Waals surface area contributed by atoms with Gasteiger partial charge in [0, 0.05) is 18.6 Å². The highest BCUT2D eigenvalue weighted by Crippen LogP contribution is 2.27. The molecule has 0 saturated heterocycles. The Bertz CT molecular complexity index is 375. The number of hydrogen-bond donors (Lipinski definition) is 2. The molecule has 1 rings (SSSR count). The maximum atomic E-state index is 5.58. The van der Waals surface area contributed by atoms with Gasteiger partial charge in [0.15, 0.2) is 0 Å². The highest BCUT2D eigenvalue weighted by molar-refractivity contribution is 5.39. The van der Waals surface area contributed by atoms with Gasteiger partial charge >= 0.3 is 0 Å². The molecule has 3 nitrogen and oxygen atoms in total. The van der Waals surface area contributed by atoms with Crippen LogP contribution in [-0.2, 0) is 5.41 Å². The molecular weight excluding hydrogens is 224 g/mol. The van der Waals surface area contributed by atoms with E-state index in [4.69, 9.17) is 4.74 Å². The van der Waals surface area contributed by atoms with E-state index in [1.165, 1.54) is 11.1 Å². The monoisotopic (exact) mass is 250 g/mol. The number of ether oxygens (including phenoxy) is 1. The first-order chi connectivity index (χ1) is 8.51. The minimum absolute atomic E-state index is 0.117. The van der Waals surface area contributed by atoms with E-state index in [0.29, 0.717) is 6.61 Å². The number of benzene rings is 1. The van der Waals surface area contributed by atoms with Crippen molar-refractivity contribution in [3.8, 4) is 5.75 Å². The van der Waals surface area contributed by atoms with Gasteiger partial charge in [-0.05, 0) is 38.1 Å². The average Bonchev–Trinajstić information content (AvgIpc) is 2.32. The molecule has 0 aliphatic rings. The van der Waals surface area contributed by atoms with E-state index in [-0.39, 0.29) is 5.41 Å². The zero-order valence-corrected chi connectivity index (χ0v) is 12.3.